The van der Waals surface area contributed by atoms with Crippen LogP contribution in [0.4, 0.5) is 4.39 Å². The Morgan fingerprint density at radius 1 is 1.00 bits per heavy atom. The van der Waals surface area contributed by atoms with E-state index < -0.39 is 0 Å². The zero-order valence-electron chi connectivity index (χ0n) is 15.8. The maximum atomic E-state index is 13.2. The van der Waals surface area contributed by atoms with E-state index in [0.29, 0.717) is 0 Å². The summed E-state index contributed by atoms with van der Waals surface area (Å²) in [6.07, 6.45) is 4.19. The summed E-state index contributed by atoms with van der Waals surface area (Å²) in [5.41, 5.74) is 4.15. The summed E-state index contributed by atoms with van der Waals surface area (Å²) in [7, 11) is 0. The van der Waals surface area contributed by atoms with Crippen molar-refractivity contribution in [2.75, 3.05) is 26.2 Å². The van der Waals surface area contributed by atoms with Crippen LogP contribution >= 0.6 is 0 Å². The number of piperazine rings is 1. The predicted octanol–water partition coefficient (Wildman–Crippen LogP) is 2.84. The number of hydrogen-bond donors (Lipinski definition) is 1. The third-order valence-corrected chi connectivity index (χ3v) is 5.43. The average Bonchev–Trinajstić information content (AvgIpc) is 2.72. The lowest BCUT2D eigenvalue weighted by molar-refractivity contribution is 0.0501. The summed E-state index contributed by atoms with van der Waals surface area (Å²) in [6, 6.07) is 13.1. The summed E-state index contributed by atoms with van der Waals surface area (Å²) in [4.78, 5) is 13.7. The van der Waals surface area contributed by atoms with Crippen molar-refractivity contribution in [3.8, 4) is 0 Å². The Balaban J connectivity index is 1.45. The van der Waals surface area contributed by atoms with E-state index in [2.05, 4.69) is 25.8 Å². The molecule has 2 heterocycles. The van der Waals surface area contributed by atoms with E-state index in [4.69, 9.17) is 0 Å². The fourth-order valence-corrected chi connectivity index (χ4v) is 3.98. The van der Waals surface area contributed by atoms with Gasteiger partial charge in [0.25, 0.3) is 0 Å². The second-order valence-electron chi connectivity index (χ2n) is 7.34. The van der Waals surface area contributed by atoms with Gasteiger partial charge in [0.1, 0.15) is 5.82 Å². The maximum Gasteiger partial charge on any atom is 0.123 e. The van der Waals surface area contributed by atoms with Gasteiger partial charge >= 0.3 is 0 Å². The molecule has 0 aliphatic carbocycles. The lowest BCUT2D eigenvalue weighted by Crippen LogP contribution is -2.52. The highest BCUT2D eigenvalue weighted by molar-refractivity contribution is 5.77. The van der Waals surface area contributed by atoms with Crippen LogP contribution in [-0.2, 0) is 13.1 Å². The molecular weight excluding hydrogens is 355 g/mol. The molecule has 146 valence electrons. The zero-order valence-corrected chi connectivity index (χ0v) is 15.8. The van der Waals surface area contributed by atoms with Crippen molar-refractivity contribution < 1.29 is 9.50 Å². The van der Waals surface area contributed by atoms with E-state index in [9.17, 15) is 9.50 Å². The maximum absolute atomic E-state index is 13.2. The van der Waals surface area contributed by atoms with Gasteiger partial charge in [-0.3, -0.25) is 19.8 Å². The quantitative estimate of drug-likeness (QED) is 0.713. The fraction of sp³-hybridized carbons (Fsp3) is 0.364. The van der Waals surface area contributed by atoms with Crippen LogP contribution in [0.15, 0.2) is 54.9 Å². The van der Waals surface area contributed by atoms with E-state index in [1.807, 2.05) is 24.3 Å². The lowest BCUT2D eigenvalue weighted by atomic mass is 10.1. The van der Waals surface area contributed by atoms with Crippen LogP contribution in [0.5, 0.6) is 0 Å². The fourth-order valence-electron chi connectivity index (χ4n) is 3.98. The van der Waals surface area contributed by atoms with Gasteiger partial charge in [0.15, 0.2) is 0 Å². The van der Waals surface area contributed by atoms with Gasteiger partial charge in [-0.1, -0.05) is 24.3 Å². The molecule has 0 radical (unpaired) electrons. The smallest absolute Gasteiger partial charge is 0.123 e. The second kappa shape index (κ2) is 8.73. The Bertz CT molecular complexity index is 913. The predicted molar refractivity (Wildman–Crippen MR) is 107 cm³/mol. The largest absolute Gasteiger partial charge is 0.396 e. The number of aliphatic hydroxyl groups excluding tert-OH is 1. The molecule has 1 aliphatic rings. The Labute approximate surface area is 164 Å². The SMILES string of the molecule is OCC[C@@H]1CN(Cc2cccc3nccnc23)CCN1Cc1ccc(F)cc1. The van der Waals surface area contributed by atoms with Crippen LogP contribution in [0.3, 0.4) is 0 Å². The van der Waals surface area contributed by atoms with Crippen molar-refractivity contribution in [3.05, 3.63) is 71.8 Å². The van der Waals surface area contributed by atoms with Crippen molar-refractivity contribution in [2.45, 2.75) is 25.6 Å². The minimum atomic E-state index is -0.210. The Hall–Kier alpha value is -2.41. The standard InChI is InChI=1S/C22H25FN4O/c23-19-6-4-17(5-7-19)14-27-12-11-26(16-20(27)8-13-28)15-18-2-1-3-21-22(18)25-10-9-24-21/h1-7,9-10,20,28H,8,11-16H2/t20-/m1/s1. The van der Waals surface area contributed by atoms with Crippen LogP contribution in [0.2, 0.25) is 0 Å². The third kappa shape index (κ3) is 4.35. The number of fused-ring (bicyclic) bond motifs is 1. The number of aliphatic hydroxyl groups is 1. The van der Waals surface area contributed by atoms with E-state index in [1.54, 1.807) is 12.4 Å². The van der Waals surface area contributed by atoms with Crippen molar-refractivity contribution in [1.82, 2.24) is 19.8 Å². The van der Waals surface area contributed by atoms with Gasteiger partial charge in [-0.25, -0.2) is 4.39 Å². The molecule has 1 aliphatic heterocycles. The topological polar surface area (TPSA) is 52.5 Å². The highest BCUT2D eigenvalue weighted by Crippen LogP contribution is 2.21. The molecule has 5 nitrogen and oxygen atoms in total. The van der Waals surface area contributed by atoms with Crippen LogP contribution in [-0.4, -0.2) is 57.2 Å². The minimum Gasteiger partial charge on any atom is -0.396 e. The first-order chi connectivity index (χ1) is 13.7. The molecule has 1 fully saturated rings. The van der Waals surface area contributed by atoms with E-state index >= 15 is 0 Å². The highest BCUT2D eigenvalue weighted by Gasteiger charge is 2.27. The first kappa shape index (κ1) is 18.9. The van der Waals surface area contributed by atoms with Gasteiger partial charge in [0.05, 0.1) is 11.0 Å². The second-order valence-corrected chi connectivity index (χ2v) is 7.34. The van der Waals surface area contributed by atoms with Gasteiger partial charge < -0.3 is 5.11 Å². The van der Waals surface area contributed by atoms with Crippen molar-refractivity contribution in [3.63, 3.8) is 0 Å². The molecule has 6 heteroatoms. The summed E-state index contributed by atoms with van der Waals surface area (Å²) < 4.78 is 13.2. The van der Waals surface area contributed by atoms with Crippen LogP contribution in [0.1, 0.15) is 17.5 Å². The molecule has 1 atom stereocenters. The van der Waals surface area contributed by atoms with Gasteiger partial charge in [-0.05, 0) is 35.7 Å². The molecule has 0 bridgehead atoms. The molecule has 4 rings (SSSR count). The van der Waals surface area contributed by atoms with Gasteiger partial charge in [-0.2, -0.15) is 0 Å². The molecule has 0 unspecified atom stereocenters. The first-order valence-corrected chi connectivity index (χ1v) is 9.73. The number of aromatic nitrogens is 2. The normalized spacial score (nSPS) is 18.6. The minimum absolute atomic E-state index is 0.165. The molecular formula is C22H25FN4O. The van der Waals surface area contributed by atoms with E-state index in [0.717, 1.165) is 55.7 Å². The van der Waals surface area contributed by atoms with E-state index in [-0.39, 0.29) is 18.5 Å². The van der Waals surface area contributed by atoms with Gasteiger partial charge in [0, 0.05) is 57.8 Å². The number of halogens is 1. The highest BCUT2D eigenvalue weighted by atomic mass is 19.1. The Morgan fingerprint density at radius 3 is 2.64 bits per heavy atom. The molecule has 28 heavy (non-hydrogen) atoms. The lowest BCUT2D eigenvalue weighted by Gasteiger charge is -2.41. The van der Waals surface area contributed by atoms with Gasteiger partial charge in [-0.15, -0.1) is 0 Å². The molecule has 0 saturated carbocycles. The third-order valence-electron chi connectivity index (χ3n) is 5.43. The molecule has 3 aromatic rings. The van der Waals surface area contributed by atoms with Crippen molar-refractivity contribution in [2.24, 2.45) is 0 Å². The summed E-state index contributed by atoms with van der Waals surface area (Å²) >= 11 is 0. The zero-order chi connectivity index (χ0) is 19.3. The monoisotopic (exact) mass is 380 g/mol. The molecule has 2 aromatic carbocycles. The Morgan fingerprint density at radius 2 is 1.82 bits per heavy atom. The van der Waals surface area contributed by atoms with Crippen LogP contribution in [0, 0.1) is 5.82 Å². The number of benzene rings is 2. The van der Waals surface area contributed by atoms with Crippen LogP contribution in [0.25, 0.3) is 11.0 Å². The first-order valence-electron chi connectivity index (χ1n) is 9.73. The molecule has 1 aromatic heterocycles. The molecule has 1 saturated heterocycles. The number of hydrogen-bond acceptors (Lipinski definition) is 5. The summed E-state index contributed by atoms with van der Waals surface area (Å²) in [6.45, 7) is 4.51. The van der Waals surface area contributed by atoms with Gasteiger partial charge in [0.2, 0.25) is 0 Å². The molecule has 0 spiro atoms. The van der Waals surface area contributed by atoms with Crippen molar-refractivity contribution in [1.29, 1.82) is 0 Å². The number of rotatable bonds is 6. The summed E-state index contributed by atoms with van der Waals surface area (Å²) in [5, 5.41) is 9.54. The molecule has 0 amide bonds. The summed E-state index contributed by atoms with van der Waals surface area (Å²) in [5.74, 6) is -0.210. The number of para-hydroxylation sites is 1. The Kier molecular flexibility index (Phi) is 5.90. The molecule has 1 N–H and O–H groups in total. The van der Waals surface area contributed by atoms with Crippen molar-refractivity contribution >= 4 is 11.0 Å². The van der Waals surface area contributed by atoms with Crippen LogP contribution < -0.4 is 0 Å². The van der Waals surface area contributed by atoms with E-state index in [1.165, 1.54) is 17.7 Å². The number of nitrogens with zero attached hydrogens (tertiary/aromatic N) is 4. The average molecular weight is 380 g/mol.